The highest BCUT2D eigenvalue weighted by molar-refractivity contribution is 6.08. The van der Waals surface area contributed by atoms with Gasteiger partial charge in [0.05, 0.1) is 6.10 Å². The van der Waals surface area contributed by atoms with Crippen LogP contribution in [0.25, 0.3) is 0 Å². The number of likely N-dealkylation sites (N-methyl/N-ethyl adjacent to an activating group) is 1. The molecule has 5 rings (SSSR count). The summed E-state index contributed by atoms with van der Waals surface area (Å²) in [7, 11) is 4.31. The molecule has 0 bridgehead atoms. The SMILES string of the molecule is CN(C)C1CCN(c2ccc(N3CCc4cc(OC5CCCC5)ccc4C3=O)cc2)C1. The van der Waals surface area contributed by atoms with Gasteiger partial charge in [-0.1, -0.05) is 0 Å². The molecule has 2 fully saturated rings. The predicted molar refractivity (Wildman–Crippen MR) is 125 cm³/mol. The van der Waals surface area contributed by atoms with Gasteiger partial charge in [0, 0.05) is 42.6 Å². The van der Waals surface area contributed by atoms with Gasteiger partial charge in [0.2, 0.25) is 0 Å². The van der Waals surface area contributed by atoms with E-state index < -0.39 is 0 Å². The Morgan fingerprint density at radius 3 is 2.39 bits per heavy atom. The van der Waals surface area contributed by atoms with Crippen molar-refractivity contribution in [1.82, 2.24) is 4.90 Å². The van der Waals surface area contributed by atoms with Crippen LogP contribution in [0.2, 0.25) is 0 Å². The van der Waals surface area contributed by atoms with Crippen molar-refractivity contribution in [1.29, 1.82) is 0 Å². The van der Waals surface area contributed by atoms with Gasteiger partial charge in [0.25, 0.3) is 5.91 Å². The summed E-state index contributed by atoms with van der Waals surface area (Å²) in [6.45, 7) is 2.86. The second kappa shape index (κ2) is 8.54. The summed E-state index contributed by atoms with van der Waals surface area (Å²) in [6, 6.07) is 15.1. The van der Waals surface area contributed by atoms with E-state index in [9.17, 15) is 4.79 Å². The fourth-order valence-electron chi connectivity index (χ4n) is 5.22. The molecule has 2 aromatic carbocycles. The Bertz CT molecular complexity index is 934. The summed E-state index contributed by atoms with van der Waals surface area (Å²) in [5, 5.41) is 0. The van der Waals surface area contributed by atoms with E-state index in [4.69, 9.17) is 4.74 Å². The first-order valence-electron chi connectivity index (χ1n) is 11.7. The van der Waals surface area contributed by atoms with E-state index in [1.807, 2.05) is 17.0 Å². The van der Waals surface area contributed by atoms with Crippen molar-refractivity contribution in [2.24, 2.45) is 0 Å². The van der Waals surface area contributed by atoms with Gasteiger partial charge in [-0.25, -0.2) is 0 Å². The van der Waals surface area contributed by atoms with Gasteiger partial charge < -0.3 is 19.4 Å². The quantitative estimate of drug-likeness (QED) is 0.722. The third-order valence-electron chi connectivity index (χ3n) is 7.18. The van der Waals surface area contributed by atoms with Gasteiger partial charge in [0.1, 0.15) is 5.75 Å². The number of anilines is 2. The molecule has 0 aromatic heterocycles. The van der Waals surface area contributed by atoms with Crippen LogP contribution >= 0.6 is 0 Å². The summed E-state index contributed by atoms with van der Waals surface area (Å²) >= 11 is 0. The zero-order valence-electron chi connectivity index (χ0n) is 18.7. The highest BCUT2D eigenvalue weighted by Crippen LogP contribution is 2.31. The number of nitrogens with zero attached hydrogens (tertiary/aromatic N) is 3. The van der Waals surface area contributed by atoms with Crippen molar-refractivity contribution >= 4 is 17.3 Å². The van der Waals surface area contributed by atoms with Crippen molar-refractivity contribution in [3.8, 4) is 5.75 Å². The van der Waals surface area contributed by atoms with Crippen LogP contribution in [-0.2, 0) is 6.42 Å². The number of hydrogen-bond donors (Lipinski definition) is 0. The fraction of sp³-hybridized carbons (Fsp3) is 0.500. The van der Waals surface area contributed by atoms with E-state index in [1.165, 1.54) is 24.9 Å². The maximum atomic E-state index is 13.2. The van der Waals surface area contributed by atoms with E-state index in [2.05, 4.69) is 54.2 Å². The number of fused-ring (bicyclic) bond motifs is 1. The number of ether oxygens (including phenoxy) is 1. The highest BCUT2D eigenvalue weighted by Gasteiger charge is 2.28. The van der Waals surface area contributed by atoms with Crippen molar-refractivity contribution in [3.63, 3.8) is 0 Å². The lowest BCUT2D eigenvalue weighted by atomic mass is 9.98. The maximum Gasteiger partial charge on any atom is 0.258 e. The van der Waals surface area contributed by atoms with E-state index in [-0.39, 0.29) is 5.91 Å². The van der Waals surface area contributed by atoms with E-state index >= 15 is 0 Å². The van der Waals surface area contributed by atoms with Gasteiger partial charge in [0.15, 0.2) is 0 Å². The standard InChI is InChI=1S/C26H33N3O2/c1-27(2)22-14-15-28(18-22)20-7-9-21(10-8-20)29-16-13-19-17-24(11-12-25(19)26(29)30)31-23-5-3-4-6-23/h7-12,17,22-23H,3-6,13-16,18H2,1-2H3. The molecule has 1 atom stereocenters. The molecule has 1 unspecified atom stereocenters. The Morgan fingerprint density at radius 1 is 0.935 bits per heavy atom. The Balaban J connectivity index is 1.27. The Hall–Kier alpha value is -2.53. The molecule has 2 heterocycles. The molecule has 2 aromatic rings. The van der Waals surface area contributed by atoms with E-state index in [0.29, 0.717) is 18.7 Å². The molecule has 2 aliphatic heterocycles. The lowest BCUT2D eigenvalue weighted by Crippen LogP contribution is -2.37. The van der Waals surface area contributed by atoms with Crippen molar-refractivity contribution in [3.05, 3.63) is 53.6 Å². The summed E-state index contributed by atoms with van der Waals surface area (Å²) in [4.78, 5) is 19.9. The molecule has 1 aliphatic carbocycles. The number of carbonyl (C=O) groups excluding carboxylic acids is 1. The molecule has 5 heteroatoms. The minimum absolute atomic E-state index is 0.0928. The molecule has 164 valence electrons. The average Bonchev–Trinajstić information content (AvgIpc) is 3.47. The van der Waals surface area contributed by atoms with Crippen molar-refractivity contribution < 1.29 is 9.53 Å². The predicted octanol–water partition coefficient (Wildman–Crippen LogP) is 4.35. The van der Waals surface area contributed by atoms with Crippen molar-refractivity contribution in [2.75, 3.05) is 43.5 Å². The Kier molecular flexibility index (Phi) is 5.61. The fourth-order valence-corrected chi connectivity index (χ4v) is 5.22. The lowest BCUT2D eigenvalue weighted by Gasteiger charge is -2.29. The number of benzene rings is 2. The van der Waals surface area contributed by atoms with E-state index in [0.717, 1.165) is 54.9 Å². The van der Waals surface area contributed by atoms with Crippen LogP contribution in [0.4, 0.5) is 11.4 Å². The molecular weight excluding hydrogens is 386 g/mol. The average molecular weight is 420 g/mol. The van der Waals surface area contributed by atoms with Gasteiger partial charge in [-0.3, -0.25) is 4.79 Å². The third-order valence-corrected chi connectivity index (χ3v) is 7.18. The first kappa shape index (κ1) is 20.4. The summed E-state index contributed by atoms with van der Waals surface area (Å²) in [5.41, 5.74) is 4.14. The van der Waals surface area contributed by atoms with Crippen LogP contribution in [0.3, 0.4) is 0 Å². The van der Waals surface area contributed by atoms with E-state index in [1.54, 1.807) is 0 Å². The highest BCUT2D eigenvalue weighted by atomic mass is 16.5. The molecule has 1 saturated carbocycles. The first-order valence-corrected chi connectivity index (χ1v) is 11.7. The Morgan fingerprint density at radius 2 is 1.68 bits per heavy atom. The second-order valence-corrected chi connectivity index (χ2v) is 9.42. The molecule has 1 amide bonds. The molecule has 0 radical (unpaired) electrons. The number of amides is 1. The summed E-state index contributed by atoms with van der Waals surface area (Å²) in [5.74, 6) is 1.01. The largest absolute Gasteiger partial charge is 0.490 e. The smallest absolute Gasteiger partial charge is 0.258 e. The minimum Gasteiger partial charge on any atom is -0.490 e. The zero-order valence-corrected chi connectivity index (χ0v) is 18.7. The second-order valence-electron chi connectivity index (χ2n) is 9.42. The van der Waals surface area contributed by atoms with Crippen LogP contribution in [0.15, 0.2) is 42.5 Å². The van der Waals surface area contributed by atoms with Gasteiger partial charge in [-0.2, -0.15) is 0 Å². The maximum absolute atomic E-state index is 13.2. The van der Waals surface area contributed by atoms with Gasteiger partial charge in [-0.15, -0.1) is 0 Å². The molecule has 5 nitrogen and oxygen atoms in total. The summed E-state index contributed by atoms with van der Waals surface area (Å²) in [6.07, 6.45) is 7.21. The lowest BCUT2D eigenvalue weighted by molar-refractivity contribution is 0.0980. The van der Waals surface area contributed by atoms with Gasteiger partial charge in [-0.05, 0) is 101 Å². The monoisotopic (exact) mass is 419 g/mol. The molecular formula is C26H33N3O2. The molecule has 0 N–H and O–H groups in total. The normalized spacial score (nSPS) is 21.8. The van der Waals surface area contributed by atoms with Crippen LogP contribution < -0.4 is 14.5 Å². The first-order chi connectivity index (χ1) is 15.1. The molecule has 31 heavy (non-hydrogen) atoms. The third kappa shape index (κ3) is 4.16. The number of hydrogen-bond acceptors (Lipinski definition) is 4. The van der Waals surface area contributed by atoms with Crippen molar-refractivity contribution in [2.45, 2.75) is 50.7 Å². The topological polar surface area (TPSA) is 36.0 Å². The zero-order chi connectivity index (χ0) is 21.4. The molecule has 1 saturated heterocycles. The molecule has 0 spiro atoms. The molecule has 3 aliphatic rings. The minimum atomic E-state index is 0.0928. The van der Waals surface area contributed by atoms with Crippen LogP contribution in [0.5, 0.6) is 5.75 Å². The summed E-state index contributed by atoms with van der Waals surface area (Å²) < 4.78 is 6.14. The van der Waals surface area contributed by atoms with Gasteiger partial charge >= 0.3 is 0 Å². The Labute approximate surface area is 185 Å². The van der Waals surface area contributed by atoms with Crippen LogP contribution in [0, 0.1) is 0 Å². The number of carbonyl (C=O) groups is 1. The number of rotatable bonds is 5. The van der Waals surface area contributed by atoms with Crippen LogP contribution in [0.1, 0.15) is 48.0 Å². The van der Waals surface area contributed by atoms with Crippen LogP contribution in [-0.4, -0.2) is 56.7 Å².